The number of aryl methyl sites for hydroxylation is 3. The molecule has 4 aromatic rings. The Labute approximate surface area is 193 Å². The first-order valence-electron chi connectivity index (χ1n) is 11.7. The van der Waals surface area contributed by atoms with Crippen molar-refractivity contribution in [1.82, 2.24) is 24.6 Å². The molecule has 5 rings (SSSR count). The highest BCUT2D eigenvalue weighted by Crippen LogP contribution is 2.26. The van der Waals surface area contributed by atoms with Gasteiger partial charge in [0.1, 0.15) is 0 Å². The third-order valence-corrected chi connectivity index (χ3v) is 6.58. The maximum Gasteiger partial charge on any atom is 0.258 e. The molecule has 1 aliphatic rings. The third-order valence-electron chi connectivity index (χ3n) is 6.58. The van der Waals surface area contributed by atoms with E-state index in [1.165, 1.54) is 24.0 Å². The van der Waals surface area contributed by atoms with Crippen LogP contribution in [0.2, 0.25) is 0 Å². The summed E-state index contributed by atoms with van der Waals surface area (Å²) in [5, 5.41) is 4.18. The number of carbonyl (C=O) groups is 1. The molecular weight excluding hydrogens is 414 g/mol. The highest BCUT2D eigenvalue weighted by Gasteiger charge is 2.16. The minimum absolute atomic E-state index is 0.237. The molecule has 1 amide bonds. The number of amides is 1. The molecule has 2 aromatic heterocycles. The van der Waals surface area contributed by atoms with Crippen molar-refractivity contribution in [2.75, 3.05) is 13.1 Å². The van der Waals surface area contributed by atoms with Gasteiger partial charge in [0.15, 0.2) is 0 Å². The molecule has 0 N–H and O–H groups in total. The summed E-state index contributed by atoms with van der Waals surface area (Å²) in [6.07, 6.45) is 6.99. The van der Waals surface area contributed by atoms with Gasteiger partial charge in [0.25, 0.3) is 5.89 Å². The van der Waals surface area contributed by atoms with Crippen LogP contribution in [0.1, 0.15) is 43.2 Å². The molecule has 1 fully saturated rings. The quantitative estimate of drug-likeness (QED) is 0.426. The molecule has 7 nitrogen and oxygen atoms in total. The average molecular weight is 444 g/mol. The van der Waals surface area contributed by atoms with Crippen molar-refractivity contribution in [2.24, 2.45) is 0 Å². The zero-order chi connectivity index (χ0) is 22.8. The van der Waals surface area contributed by atoms with Crippen LogP contribution in [0.25, 0.3) is 33.9 Å². The molecule has 0 bridgehead atoms. The lowest BCUT2D eigenvalue weighted by Crippen LogP contribution is -2.32. The van der Waals surface area contributed by atoms with E-state index < -0.39 is 0 Å². The van der Waals surface area contributed by atoms with Gasteiger partial charge in [-0.25, -0.2) is 4.98 Å². The summed E-state index contributed by atoms with van der Waals surface area (Å²) in [6, 6.07) is 12.1. The number of fused-ring (bicyclic) bond motifs is 1. The molecule has 0 radical (unpaired) electrons. The Balaban J connectivity index is 1.30. The first-order valence-corrected chi connectivity index (χ1v) is 11.7. The SMILES string of the molecule is Cc1ccc(-c2nc(-c3ccc4c(c3)ncn4CCC(=O)N3CCCCCC3)no2)cc1C. The molecule has 3 heterocycles. The molecule has 33 heavy (non-hydrogen) atoms. The van der Waals surface area contributed by atoms with Crippen molar-refractivity contribution < 1.29 is 9.32 Å². The first kappa shape index (κ1) is 21.4. The van der Waals surface area contributed by atoms with E-state index in [1.807, 2.05) is 33.7 Å². The highest BCUT2D eigenvalue weighted by molar-refractivity contribution is 5.81. The lowest BCUT2D eigenvalue weighted by molar-refractivity contribution is -0.131. The zero-order valence-electron chi connectivity index (χ0n) is 19.3. The van der Waals surface area contributed by atoms with Gasteiger partial charge in [-0.15, -0.1) is 0 Å². The third kappa shape index (κ3) is 4.53. The Morgan fingerprint density at radius 2 is 1.76 bits per heavy atom. The summed E-state index contributed by atoms with van der Waals surface area (Å²) < 4.78 is 7.57. The lowest BCUT2D eigenvalue weighted by Gasteiger charge is -2.20. The summed E-state index contributed by atoms with van der Waals surface area (Å²) in [4.78, 5) is 23.8. The number of aromatic nitrogens is 4. The van der Waals surface area contributed by atoms with Gasteiger partial charge in [0.05, 0.1) is 17.4 Å². The van der Waals surface area contributed by atoms with Crippen LogP contribution in [0.4, 0.5) is 0 Å². The molecule has 7 heteroatoms. The maximum atomic E-state index is 12.6. The van der Waals surface area contributed by atoms with Gasteiger partial charge in [0.2, 0.25) is 11.7 Å². The Morgan fingerprint density at radius 3 is 2.55 bits per heavy atom. The predicted octanol–water partition coefficient (Wildman–Crippen LogP) is 5.16. The van der Waals surface area contributed by atoms with Gasteiger partial charge in [-0.05, 0) is 68.1 Å². The van der Waals surface area contributed by atoms with E-state index in [-0.39, 0.29) is 5.91 Å². The minimum atomic E-state index is 0.237. The average Bonchev–Trinajstić information content (AvgIpc) is 3.38. The van der Waals surface area contributed by atoms with Crippen LogP contribution in [0, 0.1) is 13.8 Å². The maximum absolute atomic E-state index is 12.6. The minimum Gasteiger partial charge on any atom is -0.343 e. The largest absolute Gasteiger partial charge is 0.343 e. The molecule has 2 aromatic carbocycles. The molecular formula is C26H29N5O2. The first-order chi connectivity index (χ1) is 16.1. The van der Waals surface area contributed by atoms with Crippen LogP contribution >= 0.6 is 0 Å². The van der Waals surface area contributed by atoms with Crippen LogP contribution in [-0.2, 0) is 11.3 Å². The Kier molecular flexibility index (Phi) is 5.94. The summed E-state index contributed by atoms with van der Waals surface area (Å²) in [6.45, 7) is 6.56. The van der Waals surface area contributed by atoms with Crippen LogP contribution in [0.3, 0.4) is 0 Å². The topological polar surface area (TPSA) is 77.1 Å². The Bertz CT molecular complexity index is 1280. The second-order valence-corrected chi connectivity index (χ2v) is 8.91. The van der Waals surface area contributed by atoms with Gasteiger partial charge in [0, 0.05) is 37.2 Å². The number of imidazole rings is 1. The molecule has 0 aliphatic carbocycles. The van der Waals surface area contributed by atoms with Crippen molar-refractivity contribution >= 4 is 16.9 Å². The number of carbonyl (C=O) groups excluding carboxylic acids is 1. The van der Waals surface area contributed by atoms with E-state index in [4.69, 9.17) is 4.52 Å². The van der Waals surface area contributed by atoms with Crippen molar-refractivity contribution in [3.05, 3.63) is 53.9 Å². The van der Waals surface area contributed by atoms with Crippen LogP contribution in [-0.4, -0.2) is 43.6 Å². The second-order valence-electron chi connectivity index (χ2n) is 8.91. The molecule has 0 spiro atoms. The van der Waals surface area contributed by atoms with E-state index in [2.05, 4.69) is 41.1 Å². The van der Waals surface area contributed by atoms with E-state index in [9.17, 15) is 4.79 Å². The fourth-order valence-electron chi connectivity index (χ4n) is 4.41. The van der Waals surface area contributed by atoms with E-state index in [1.54, 1.807) is 6.33 Å². The Hall–Kier alpha value is -3.48. The smallest absolute Gasteiger partial charge is 0.258 e. The summed E-state index contributed by atoms with van der Waals surface area (Å²) in [5.74, 6) is 1.28. The van der Waals surface area contributed by atoms with Crippen molar-refractivity contribution in [3.8, 4) is 22.8 Å². The number of hydrogen-bond acceptors (Lipinski definition) is 5. The lowest BCUT2D eigenvalue weighted by atomic mass is 10.1. The normalized spacial score (nSPS) is 14.5. The number of likely N-dealkylation sites (tertiary alicyclic amines) is 1. The molecule has 0 atom stereocenters. The number of benzene rings is 2. The van der Waals surface area contributed by atoms with Crippen molar-refractivity contribution in [1.29, 1.82) is 0 Å². The molecule has 170 valence electrons. The molecule has 1 saturated heterocycles. The standard InChI is InChI=1S/C26H29N5O2/c1-18-7-8-21(15-19(18)2)26-28-25(29-33-26)20-9-10-23-22(16-20)27-17-31(23)14-11-24(32)30-12-5-3-4-6-13-30/h7-10,15-17H,3-6,11-14H2,1-2H3. The summed E-state index contributed by atoms with van der Waals surface area (Å²) >= 11 is 0. The van der Waals surface area contributed by atoms with Gasteiger partial charge in [-0.2, -0.15) is 4.98 Å². The monoisotopic (exact) mass is 443 g/mol. The van der Waals surface area contributed by atoms with Crippen LogP contribution < -0.4 is 0 Å². The van der Waals surface area contributed by atoms with Crippen LogP contribution in [0.5, 0.6) is 0 Å². The second kappa shape index (κ2) is 9.17. The zero-order valence-corrected chi connectivity index (χ0v) is 19.3. The fourth-order valence-corrected chi connectivity index (χ4v) is 4.41. The molecule has 0 saturated carbocycles. The predicted molar refractivity (Wildman–Crippen MR) is 128 cm³/mol. The fraction of sp³-hybridized carbons (Fsp3) is 0.385. The number of hydrogen-bond donors (Lipinski definition) is 0. The van der Waals surface area contributed by atoms with Crippen molar-refractivity contribution in [3.63, 3.8) is 0 Å². The van der Waals surface area contributed by atoms with Gasteiger partial charge < -0.3 is 14.0 Å². The van der Waals surface area contributed by atoms with Crippen LogP contribution in [0.15, 0.2) is 47.2 Å². The van der Waals surface area contributed by atoms with Gasteiger partial charge in [-0.1, -0.05) is 24.1 Å². The van der Waals surface area contributed by atoms with E-state index in [0.717, 1.165) is 48.1 Å². The van der Waals surface area contributed by atoms with E-state index in [0.29, 0.717) is 24.7 Å². The summed E-state index contributed by atoms with van der Waals surface area (Å²) in [5.41, 5.74) is 6.04. The molecule has 0 unspecified atom stereocenters. The Morgan fingerprint density at radius 1 is 0.970 bits per heavy atom. The van der Waals surface area contributed by atoms with Gasteiger partial charge in [-0.3, -0.25) is 4.79 Å². The number of rotatable bonds is 5. The number of nitrogens with zero attached hydrogens (tertiary/aromatic N) is 5. The summed E-state index contributed by atoms with van der Waals surface area (Å²) in [7, 11) is 0. The van der Waals surface area contributed by atoms with Gasteiger partial charge >= 0.3 is 0 Å². The molecule has 1 aliphatic heterocycles. The van der Waals surface area contributed by atoms with E-state index >= 15 is 0 Å². The van der Waals surface area contributed by atoms with Crippen molar-refractivity contribution in [2.45, 2.75) is 52.5 Å². The highest BCUT2D eigenvalue weighted by atomic mass is 16.5.